The van der Waals surface area contributed by atoms with Gasteiger partial charge in [0.1, 0.15) is 0 Å². The van der Waals surface area contributed by atoms with Crippen LogP contribution in [0.4, 0.5) is 13.2 Å². The van der Waals surface area contributed by atoms with Crippen molar-refractivity contribution < 1.29 is 13.2 Å². The van der Waals surface area contributed by atoms with E-state index >= 15 is 0 Å². The average Bonchev–Trinajstić information content (AvgIpc) is 2.45. The van der Waals surface area contributed by atoms with Crippen molar-refractivity contribution >= 4 is 0 Å². The van der Waals surface area contributed by atoms with Crippen molar-refractivity contribution in [3.05, 3.63) is 71.8 Å². The minimum Gasteiger partial charge on any atom is -0.169 e. The molecule has 0 radical (unpaired) electrons. The number of rotatable bonds is 3. The molecule has 2 aromatic rings. The molecule has 0 fully saturated rings. The molecule has 0 saturated heterocycles. The van der Waals surface area contributed by atoms with Crippen LogP contribution in [0.25, 0.3) is 0 Å². The Morgan fingerprint density at radius 1 is 0.850 bits per heavy atom. The minimum absolute atomic E-state index is 0.0962. The van der Waals surface area contributed by atoms with E-state index < -0.39 is 11.6 Å². The molecular formula is C17H13F3. The van der Waals surface area contributed by atoms with Gasteiger partial charge in [0, 0.05) is 6.42 Å². The van der Waals surface area contributed by atoms with Crippen LogP contribution in [0.1, 0.15) is 11.1 Å². The van der Waals surface area contributed by atoms with E-state index in [4.69, 9.17) is 6.42 Å². The molecule has 0 aliphatic rings. The van der Waals surface area contributed by atoms with E-state index in [-0.39, 0.29) is 12.0 Å². The molecule has 0 spiro atoms. The lowest BCUT2D eigenvalue weighted by Crippen LogP contribution is -2.43. The van der Waals surface area contributed by atoms with E-state index in [2.05, 4.69) is 0 Å². The molecule has 0 aliphatic carbocycles. The van der Waals surface area contributed by atoms with Crippen LogP contribution >= 0.6 is 0 Å². The van der Waals surface area contributed by atoms with Crippen LogP contribution in [0.3, 0.4) is 0 Å². The van der Waals surface area contributed by atoms with Crippen molar-refractivity contribution in [3.8, 4) is 12.3 Å². The van der Waals surface area contributed by atoms with E-state index in [9.17, 15) is 13.2 Å². The first kappa shape index (κ1) is 14.2. The fraction of sp³-hybridized carbons (Fsp3) is 0.176. The Morgan fingerprint density at radius 2 is 1.35 bits per heavy atom. The zero-order valence-corrected chi connectivity index (χ0v) is 10.7. The standard InChI is InChI=1S/C17H13F3/c1-2-16(17(18,19)20,15-11-7-4-8-12-15)13-14-9-5-3-6-10-14/h1,3-12H,13H2/t16-/m0/s1. The van der Waals surface area contributed by atoms with E-state index in [1.807, 2.05) is 5.92 Å². The Morgan fingerprint density at radius 3 is 1.80 bits per heavy atom. The Hall–Kier alpha value is -2.21. The van der Waals surface area contributed by atoms with Gasteiger partial charge in [-0.1, -0.05) is 66.6 Å². The van der Waals surface area contributed by atoms with Crippen molar-refractivity contribution in [2.45, 2.75) is 18.0 Å². The first-order chi connectivity index (χ1) is 9.49. The Bertz CT molecular complexity index is 594. The summed E-state index contributed by atoms with van der Waals surface area (Å²) >= 11 is 0. The number of hydrogen-bond acceptors (Lipinski definition) is 0. The summed E-state index contributed by atoms with van der Waals surface area (Å²) in [7, 11) is 0. The third-order valence-corrected chi connectivity index (χ3v) is 3.31. The van der Waals surface area contributed by atoms with Gasteiger partial charge in [-0.15, -0.1) is 6.42 Å². The summed E-state index contributed by atoms with van der Waals surface area (Å²) in [5.74, 6) is 2.00. The molecule has 1 atom stereocenters. The maximum Gasteiger partial charge on any atom is 0.409 e. The smallest absolute Gasteiger partial charge is 0.169 e. The summed E-state index contributed by atoms with van der Waals surface area (Å²) in [5, 5.41) is 0. The summed E-state index contributed by atoms with van der Waals surface area (Å²) < 4.78 is 40.8. The van der Waals surface area contributed by atoms with Crippen molar-refractivity contribution in [1.29, 1.82) is 0 Å². The topological polar surface area (TPSA) is 0 Å². The molecule has 3 heteroatoms. The van der Waals surface area contributed by atoms with Gasteiger partial charge in [0.05, 0.1) is 0 Å². The average molecular weight is 274 g/mol. The molecule has 20 heavy (non-hydrogen) atoms. The lowest BCUT2D eigenvalue weighted by molar-refractivity contribution is -0.172. The van der Waals surface area contributed by atoms with Crippen LogP contribution in [0.2, 0.25) is 0 Å². The predicted octanol–water partition coefficient (Wildman–Crippen LogP) is 4.36. The zero-order chi connectivity index (χ0) is 14.6. The van der Waals surface area contributed by atoms with E-state index in [1.165, 1.54) is 12.1 Å². The Labute approximate surface area is 116 Å². The second-order valence-corrected chi connectivity index (χ2v) is 4.58. The number of terminal acetylenes is 1. The highest BCUT2D eigenvalue weighted by Gasteiger charge is 2.54. The number of alkyl halides is 3. The van der Waals surface area contributed by atoms with Crippen LogP contribution in [0.5, 0.6) is 0 Å². The van der Waals surface area contributed by atoms with E-state index in [1.54, 1.807) is 48.5 Å². The molecular weight excluding hydrogens is 261 g/mol. The molecule has 0 N–H and O–H groups in total. The summed E-state index contributed by atoms with van der Waals surface area (Å²) in [6.45, 7) is 0. The summed E-state index contributed by atoms with van der Waals surface area (Å²) in [5.41, 5.74) is -1.64. The van der Waals surface area contributed by atoms with Crippen molar-refractivity contribution in [3.63, 3.8) is 0 Å². The lowest BCUT2D eigenvalue weighted by Gasteiger charge is -2.31. The first-order valence-corrected chi connectivity index (χ1v) is 6.13. The molecule has 0 aliphatic heterocycles. The largest absolute Gasteiger partial charge is 0.409 e. The van der Waals surface area contributed by atoms with Crippen LogP contribution in [-0.2, 0) is 11.8 Å². The van der Waals surface area contributed by atoms with Gasteiger partial charge in [-0.25, -0.2) is 0 Å². The number of halogens is 3. The van der Waals surface area contributed by atoms with Gasteiger partial charge in [0.2, 0.25) is 0 Å². The van der Waals surface area contributed by atoms with Gasteiger partial charge in [-0.2, -0.15) is 13.2 Å². The zero-order valence-electron chi connectivity index (χ0n) is 10.7. The molecule has 0 heterocycles. The maximum absolute atomic E-state index is 13.6. The summed E-state index contributed by atoms with van der Waals surface area (Å²) in [6, 6.07) is 16.1. The first-order valence-electron chi connectivity index (χ1n) is 6.13. The number of benzene rings is 2. The van der Waals surface area contributed by atoms with Gasteiger partial charge in [-0.3, -0.25) is 0 Å². The van der Waals surface area contributed by atoms with Crippen LogP contribution in [0.15, 0.2) is 60.7 Å². The highest BCUT2D eigenvalue weighted by molar-refractivity contribution is 5.39. The van der Waals surface area contributed by atoms with Crippen LogP contribution in [0, 0.1) is 12.3 Å². The van der Waals surface area contributed by atoms with Gasteiger partial charge in [-0.05, 0) is 11.1 Å². The molecule has 2 rings (SSSR count). The molecule has 0 nitrogen and oxygen atoms in total. The molecule has 102 valence electrons. The highest BCUT2D eigenvalue weighted by atomic mass is 19.4. The van der Waals surface area contributed by atoms with Crippen molar-refractivity contribution in [2.24, 2.45) is 0 Å². The molecule has 0 unspecified atom stereocenters. The monoisotopic (exact) mass is 274 g/mol. The summed E-state index contributed by atoms with van der Waals surface area (Å²) in [6.07, 6.45) is 0.523. The van der Waals surface area contributed by atoms with Crippen molar-refractivity contribution in [2.75, 3.05) is 0 Å². The van der Waals surface area contributed by atoms with Crippen molar-refractivity contribution in [1.82, 2.24) is 0 Å². The number of hydrogen-bond donors (Lipinski definition) is 0. The van der Waals surface area contributed by atoms with E-state index in [0.29, 0.717) is 5.56 Å². The van der Waals surface area contributed by atoms with Crippen LogP contribution < -0.4 is 0 Å². The SMILES string of the molecule is C#C[C@](Cc1ccccc1)(c1ccccc1)C(F)(F)F. The second-order valence-electron chi connectivity index (χ2n) is 4.58. The van der Waals surface area contributed by atoms with E-state index in [0.717, 1.165) is 0 Å². The lowest BCUT2D eigenvalue weighted by atomic mass is 9.75. The molecule has 0 bridgehead atoms. The molecule has 0 saturated carbocycles. The summed E-state index contributed by atoms with van der Waals surface area (Å²) in [4.78, 5) is 0. The fourth-order valence-electron chi connectivity index (χ4n) is 2.21. The second kappa shape index (κ2) is 5.42. The van der Waals surface area contributed by atoms with Gasteiger partial charge in [0.15, 0.2) is 5.41 Å². The molecule has 0 aromatic heterocycles. The van der Waals surface area contributed by atoms with Gasteiger partial charge < -0.3 is 0 Å². The highest BCUT2D eigenvalue weighted by Crippen LogP contribution is 2.43. The quantitative estimate of drug-likeness (QED) is 0.729. The minimum atomic E-state index is -4.51. The van der Waals surface area contributed by atoms with Crippen LogP contribution in [-0.4, -0.2) is 6.18 Å². The van der Waals surface area contributed by atoms with Gasteiger partial charge in [0.25, 0.3) is 0 Å². The van der Waals surface area contributed by atoms with Gasteiger partial charge >= 0.3 is 6.18 Å². The third-order valence-electron chi connectivity index (χ3n) is 3.31. The molecule has 2 aromatic carbocycles. The fourth-order valence-corrected chi connectivity index (χ4v) is 2.21. The molecule has 0 amide bonds. The third kappa shape index (κ3) is 2.55. The Balaban J connectivity index is 2.53. The normalized spacial score (nSPS) is 14.3. The maximum atomic E-state index is 13.6. The predicted molar refractivity (Wildman–Crippen MR) is 73.2 cm³/mol. The Kier molecular flexibility index (Phi) is 3.85.